The van der Waals surface area contributed by atoms with Gasteiger partial charge in [0.25, 0.3) is 0 Å². The summed E-state index contributed by atoms with van der Waals surface area (Å²) >= 11 is 0. The average molecular weight is 377 g/mol. The van der Waals surface area contributed by atoms with Crippen molar-refractivity contribution in [1.29, 1.82) is 0 Å². The Labute approximate surface area is 161 Å². The fraction of sp³-hybridized carbons (Fsp3) is 0.700. The van der Waals surface area contributed by atoms with Crippen LogP contribution in [0, 0.1) is 0 Å². The van der Waals surface area contributed by atoms with Gasteiger partial charge in [0, 0.05) is 45.6 Å². The van der Waals surface area contributed by atoms with E-state index >= 15 is 0 Å². The number of nitrogens with zero attached hydrogens (tertiary/aromatic N) is 2. The van der Waals surface area contributed by atoms with Crippen LogP contribution in [0.25, 0.3) is 0 Å². The summed E-state index contributed by atoms with van der Waals surface area (Å²) < 4.78 is 17.0. The van der Waals surface area contributed by atoms with Crippen LogP contribution in [0.4, 0.5) is 0 Å². The molecule has 0 aromatic carbocycles. The molecule has 1 atom stereocenters. The Morgan fingerprint density at radius 3 is 2.81 bits per heavy atom. The van der Waals surface area contributed by atoms with Crippen molar-refractivity contribution < 1.29 is 14.2 Å². The molecule has 3 rings (SSSR count). The topological polar surface area (TPSA) is 77.0 Å². The average Bonchev–Trinajstić information content (AvgIpc) is 3.39. The molecular formula is C20H32N4O3. The van der Waals surface area contributed by atoms with Gasteiger partial charge in [-0.1, -0.05) is 6.07 Å². The van der Waals surface area contributed by atoms with Crippen LogP contribution in [0.15, 0.2) is 23.3 Å². The van der Waals surface area contributed by atoms with Crippen molar-refractivity contribution in [2.45, 2.75) is 57.3 Å². The van der Waals surface area contributed by atoms with Gasteiger partial charge in [-0.2, -0.15) is 0 Å². The van der Waals surface area contributed by atoms with Crippen LogP contribution in [0.5, 0.6) is 5.88 Å². The number of hydrogen-bond acceptors (Lipinski definition) is 5. The van der Waals surface area contributed by atoms with E-state index < -0.39 is 0 Å². The van der Waals surface area contributed by atoms with Gasteiger partial charge in [-0.3, -0.25) is 4.99 Å². The summed E-state index contributed by atoms with van der Waals surface area (Å²) in [5, 5.41) is 6.61. The van der Waals surface area contributed by atoms with E-state index in [0.29, 0.717) is 12.6 Å². The molecule has 1 unspecified atom stereocenters. The van der Waals surface area contributed by atoms with Gasteiger partial charge in [0.2, 0.25) is 5.88 Å². The molecule has 27 heavy (non-hydrogen) atoms. The number of rotatable bonds is 9. The molecular weight excluding hydrogens is 344 g/mol. The molecule has 0 bridgehead atoms. The Morgan fingerprint density at radius 1 is 1.22 bits per heavy atom. The Hall–Kier alpha value is -1.86. The van der Waals surface area contributed by atoms with Gasteiger partial charge < -0.3 is 24.8 Å². The minimum Gasteiger partial charge on any atom is -0.474 e. The van der Waals surface area contributed by atoms with Crippen molar-refractivity contribution in [3.63, 3.8) is 0 Å². The summed E-state index contributed by atoms with van der Waals surface area (Å²) in [4.78, 5) is 8.67. The predicted octanol–water partition coefficient (Wildman–Crippen LogP) is 2.26. The number of guanidine groups is 1. The molecule has 1 aliphatic carbocycles. The van der Waals surface area contributed by atoms with E-state index in [1.165, 1.54) is 12.8 Å². The number of ether oxygens (including phenoxy) is 3. The second kappa shape index (κ2) is 11.1. The molecule has 1 saturated carbocycles. The Morgan fingerprint density at radius 2 is 2.11 bits per heavy atom. The molecule has 1 aromatic rings. The molecule has 2 heterocycles. The monoisotopic (exact) mass is 376 g/mol. The Bertz CT molecular complexity index is 567. The third kappa shape index (κ3) is 6.99. The summed E-state index contributed by atoms with van der Waals surface area (Å²) in [5.74, 6) is 1.51. The maximum atomic E-state index is 5.90. The second-order valence-corrected chi connectivity index (χ2v) is 7.09. The first kappa shape index (κ1) is 19.9. The summed E-state index contributed by atoms with van der Waals surface area (Å²) in [6.07, 6.45) is 9.24. The predicted molar refractivity (Wildman–Crippen MR) is 105 cm³/mol. The van der Waals surface area contributed by atoms with Crippen molar-refractivity contribution in [2.24, 2.45) is 4.99 Å². The van der Waals surface area contributed by atoms with Gasteiger partial charge in [-0.05, 0) is 44.1 Å². The first-order chi connectivity index (χ1) is 13.3. The lowest BCUT2D eigenvalue weighted by molar-refractivity contribution is 0.0420. The molecule has 7 nitrogen and oxygen atoms in total. The maximum Gasteiger partial charge on any atom is 0.213 e. The lowest BCUT2D eigenvalue weighted by Gasteiger charge is -2.14. The summed E-state index contributed by atoms with van der Waals surface area (Å²) in [6, 6.07) is 4.00. The molecule has 7 heteroatoms. The maximum absolute atomic E-state index is 5.90. The third-order valence-corrected chi connectivity index (χ3v) is 4.93. The van der Waals surface area contributed by atoms with Crippen LogP contribution in [0.3, 0.4) is 0 Å². The third-order valence-electron chi connectivity index (χ3n) is 4.93. The van der Waals surface area contributed by atoms with Crippen LogP contribution < -0.4 is 15.4 Å². The minimum atomic E-state index is 0.274. The molecule has 0 radical (unpaired) electrons. The molecule has 2 N–H and O–H groups in total. The highest BCUT2D eigenvalue weighted by Crippen LogP contribution is 2.22. The smallest absolute Gasteiger partial charge is 0.213 e. The lowest BCUT2D eigenvalue weighted by atomic mass is 10.3. The summed E-state index contributed by atoms with van der Waals surface area (Å²) in [6.45, 7) is 3.79. The summed E-state index contributed by atoms with van der Waals surface area (Å²) in [7, 11) is 1.78. The van der Waals surface area contributed by atoms with Gasteiger partial charge in [0.15, 0.2) is 5.96 Å². The Kier molecular flexibility index (Phi) is 8.17. The molecule has 0 amide bonds. The number of aromatic nitrogens is 1. The van der Waals surface area contributed by atoms with Gasteiger partial charge in [0.05, 0.1) is 12.7 Å². The number of nitrogens with one attached hydrogen (secondary N) is 2. The highest BCUT2D eigenvalue weighted by molar-refractivity contribution is 5.79. The molecule has 2 aliphatic rings. The van der Waals surface area contributed by atoms with Crippen molar-refractivity contribution in [2.75, 3.05) is 33.4 Å². The zero-order valence-electron chi connectivity index (χ0n) is 16.3. The van der Waals surface area contributed by atoms with E-state index in [0.717, 1.165) is 69.5 Å². The number of pyridine rings is 1. The minimum absolute atomic E-state index is 0.274. The SMILES string of the molecule is CN=C(NCCCOC1CCOC1)NCc1ccc(OC2CCCC2)nc1. The molecule has 150 valence electrons. The zero-order chi connectivity index (χ0) is 18.7. The largest absolute Gasteiger partial charge is 0.474 e. The zero-order valence-corrected chi connectivity index (χ0v) is 16.3. The molecule has 1 saturated heterocycles. The van der Waals surface area contributed by atoms with E-state index in [9.17, 15) is 0 Å². The van der Waals surface area contributed by atoms with E-state index in [-0.39, 0.29) is 6.10 Å². The van der Waals surface area contributed by atoms with Crippen LogP contribution >= 0.6 is 0 Å². The highest BCUT2D eigenvalue weighted by atomic mass is 16.5. The Balaban J connectivity index is 1.30. The van der Waals surface area contributed by atoms with E-state index in [1.54, 1.807) is 7.05 Å². The van der Waals surface area contributed by atoms with Gasteiger partial charge in [-0.15, -0.1) is 0 Å². The molecule has 2 fully saturated rings. The first-order valence-electron chi connectivity index (χ1n) is 10.1. The van der Waals surface area contributed by atoms with Crippen molar-refractivity contribution >= 4 is 5.96 Å². The second-order valence-electron chi connectivity index (χ2n) is 7.09. The fourth-order valence-electron chi connectivity index (χ4n) is 3.34. The van der Waals surface area contributed by atoms with Crippen molar-refractivity contribution in [1.82, 2.24) is 15.6 Å². The number of hydrogen-bond donors (Lipinski definition) is 2. The fourth-order valence-corrected chi connectivity index (χ4v) is 3.34. The van der Waals surface area contributed by atoms with E-state index in [4.69, 9.17) is 14.2 Å². The van der Waals surface area contributed by atoms with Crippen LogP contribution in [-0.4, -0.2) is 56.6 Å². The lowest BCUT2D eigenvalue weighted by Crippen LogP contribution is -2.37. The van der Waals surface area contributed by atoms with E-state index in [1.807, 2.05) is 12.3 Å². The quantitative estimate of drug-likeness (QED) is 0.391. The van der Waals surface area contributed by atoms with Gasteiger partial charge >= 0.3 is 0 Å². The van der Waals surface area contributed by atoms with Crippen LogP contribution in [-0.2, 0) is 16.0 Å². The molecule has 1 aliphatic heterocycles. The van der Waals surface area contributed by atoms with Gasteiger partial charge in [0.1, 0.15) is 6.10 Å². The van der Waals surface area contributed by atoms with Crippen LogP contribution in [0.1, 0.15) is 44.1 Å². The standard InChI is InChI=1S/C20H32N4O3/c1-21-20(22-10-4-11-26-18-9-12-25-15-18)24-14-16-7-8-19(23-13-16)27-17-5-2-3-6-17/h7-8,13,17-18H,2-6,9-12,14-15H2,1H3,(H2,21,22,24). The first-order valence-corrected chi connectivity index (χ1v) is 10.1. The van der Waals surface area contributed by atoms with Gasteiger partial charge in [-0.25, -0.2) is 4.98 Å². The van der Waals surface area contributed by atoms with Crippen LogP contribution in [0.2, 0.25) is 0 Å². The molecule has 1 aromatic heterocycles. The van der Waals surface area contributed by atoms with E-state index in [2.05, 4.69) is 26.7 Å². The normalized spacial score (nSPS) is 20.8. The molecule has 0 spiro atoms. The van der Waals surface area contributed by atoms with Crippen molar-refractivity contribution in [3.05, 3.63) is 23.9 Å². The highest BCUT2D eigenvalue weighted by Gasteiger charge is 2.17. The summed E-state index contributed by atoms with van der Waals surface area (Å²) in [5.41, 5.74) is 1.10. The van der Waals surface area contributed by atoms with Crippen molar-refractivity contribution in [3.8, 4) is 5.88 Å². The number of aliphatic imine (C=N–C) groups is 1.